The number of rotatable bonds is 3. The smallest absolute Gasteiger partial charge is 0.337 e. The Labute approximate surface area is 121 Å². The molecule has 108 valence electrons. The molecule has 1 amide bonds. The Hall–Kier alpha value is -2.69. The van der Waals surface area contributed by atoms with Crippen LogP contribution in [0.2, 0.25) is 0 Å². The molecule has 0 saturated heterocycles. The van der Waals surface area contributed by atoms with Crippen molar-refractivity contribution in [1.82, 2.24) is 0 Å². The van der Waals surface area contributed by atoms with Crippen molar-refractivity contribution in [3.63, 3.8) is 0 Å². The number of carbonyl (C=O) groups excluding carboxylic acids is 2. The number of methoxy groups -OCH3 is 1. The lowest BCUT2D eigenvalue weighted by molar-refractivity contribution is 0.0600. The summed E-state index contributed by atoms with van der Waals surface area (Å²) in [5.41, 5.74) is 1.55. The van der Waals surface area contributed by atoms with Gasteiger partial charge < -0.3 is 10.1 Å². The Kier molecular flexibility index (Phi) is 4.33. The van der Waals surface area contributed by atoms with Crippen LogP contribution in [0.25, 0.3) is 0 Å². The topological polar surface area (TPSA) is 55.4 Å². The Morgan fingerprint density at radius 1 is 1.14 bits per heavy atom. The Balaban J connectivity index is 2.22. The average Bonchev–Trinajstić information content (AvgIpc) is 2.48. The molecular weight excluding hydrogens is 273 g/mol. The van der Waals surface area contributed by atoms with E-state index in [2.05, 4.69) is 10.1 Å². The van der Waals surface area contributed by atoms with Crippen molar-refractivity contribution in [2.75, 3.05) is 12.4 Å². The molecule has 2 rings (SSSR count). The first-order valence-electron chi connectivity index (χ1n) is 6.27. The largest absolute Gasteiger partial charge is 0.465 e. The van der Waals surface area contributed by atoms with Crippen LogP contribution in [0, 0.1) is 12.7 Å². The highest BCUT2D eigenvalue weighted by molar-refractivity contribution is 6.05. The summed E-state index contributed by atoms with van der Waals surface area (Å²) in [5.74, 6) is -1.58. The van der Waals surface area contributed by atoms with E-state index in [1.165, 1.54) is 31.4 Å². The Bertz CT molecular complexity index is 698. The van der Waals surface area contributed by atoms with Gasteiger partial charge in [0, 0.05) is 5.69 Å². The molecule has 0 radical (unpaired) electrons. The molecule has 2 aromatic carbocycles. The van der Waals surface area contributed by atoms with Crippen LogP contribution >= 0.6 is 0 Å². The van der Waals surface area contributed by atoms with Crippen molar-refractivity contribution in [3.05, 3.63) is 65.0 Å². The molecule has 0 heterocycles. The summed E-state index contributed by atoms with van der Waals surface area (Å²) in [5, 5.41) is 2.62. The zero-order chi connectivity index (χ0) is 15.4. The number of hydrogen-bond acceptors (Lipinski definition) is 3. The zero-order valence-electron chi connectivity index (χ0n) is 11.6. The quantitative estimate of drug-likeness (QED) is 0.882. The van der Waals surface area contributed by atoms with E-state index in [0.717, 1.165) is 0 Å². The van der Waals surface area contributed by atoms with Crippen molar-refractivity contribution in [1.29, 1.82) is 0 Å². The second kappa shape index (κ2) is 6.17. The van der Waals surface area contributed by atoms with E-state index < -0.39 is 17.7 Å². The first-order valence-corrected chi connectivity index (χ1v) is 6.27. The maximum atomic E-state index is 13.5. The van der Waals surface area contributed by atoms with E-state index >= 15 is 0 Å². The molecule has 0 saturated carbocycles. The Morgan fingerprint density at radius 2 is 1.86 bits per heavy atom. The third-order valence-electron chi connectivity index (χ3n) is 3.01. The normalized spacial score (nSPS) is 10.0. The average molecular weight is 287 g/mol. The van der Waals surface area contributed by atoms with E-state index in [1.807, 2.05) is 0 Å². The summed E-state index contributed by atoms with van der Waals surface area (Å²) in [7, 11) is 1.30. The van der Waals surface area contributed by atoms with Crippen LogP contribution in [-0.4, -0.2) is 19.0 Å². The van der Waals surface area contributed by atoms with Gasteiger partial charge in [-0.2, -0.15) is 0 Å². The van der Waals surface area contributed by atoms with Gasteiger partial charge in [0.1, 0.15) is 5.82 Å². The number of ether oxygens (including phenoxy) is 1. The lowest BCUT2D eigenvalue weighted by Crippen LogP contribution is -2.14. The molecule has 5 heteroatoms. The van der Waals surface area contributed by atoms with Crippen molar-refractivity contribution in [2.45, 2.75) is 6.92 Å². The highest BCUT2D eigenvalue weighted by atomic mass is 19.1. The SMILES string of the molecule is COC(=O)c1ccc(NC(=O)c2ccccc2F)c(C)c1. The van der Waals surface area contributed by atoms with Crippen LogP contribution < -0.4 is 5.32 Å². The van der Waals surface area contributed by atoms with Gasteiger partial charge in [-0.1, -0.05) is 12.1 Å². The lowest BCUT2D eigenvalue weighted by Gasteiger charge is -2.10. The molecule has 0 spiro atoms. The number of hydrogen-bond donors (Lipinski definition) is 1. The maximum absolute atomic E-state index is 13.5. The molecule has 0 aliphatic rings. The molecule has 0 unspecified atom stereocenters. The van der Waals surface area contributed by atoms with E-state index in [4.69, 9.17) is 0 Å². The molecular formula is C16H14FNO3. The zero-order valence-corrected chi connectivity index (χ0v) is 11.6. The highest BCUT2D eigenvalue weighted by Gasteiger charge is 2.13. The minimum absolute atomic E-state index is 0.0334. The number of anilines is 1. The summed E-state index contributed by atoms with van der Waals surface area (Å²) in [6.07, 6.45) is 0. The minimum atomic E-state index is -0.584. The number of amides is 1. The van der Waals surface area contributed by atoms with Gasteiger partial charge in [-0.25, -0.2) is 9.18 Å². The number of benzene rings is 2. The number of nitrogens with one attached hydrogen (secondary N) is 1. The van der Waals surface area contributed by atoms with Crippen molar-refractivity contribution in [2.24, 2.45) is 0 Å². The van der Waals surface area contributed by atoms with Gasteiger partial charge in [0.2, 0.25) is 0 Å². The van der Waals surface area contributed by atoms with Crippen LogP contribution in [0.5, 0.6) is 0 Å². The third kappa shape index (κ3) is 3.25. The summed E-state index contributed by atoms with van der Waals surface area (Å²) in [6.45, 7) is 1.74. The fourth-order valence-corrected chi connectivity index (χ4v) is 1.88. The molecule has 0 atom stereocenters. The van der Waals surface area contributed by atoms with Crippen molar-refractivity contribution in [3.8, 4) is 0 Å². The summed E-state index contributed by atoms with van der Waals surface area (Å²) in [4.78, 5) is 23.4. The predicted octanol–water partition coefficient (Wildman–Crippen LogP) is 3.17. The van der Waals surface area contributed by atoms with Crippen LogP contribution in [0.4, 0.5) is 10.1 Å². The van der Waals surface area contributed by atoms with Gasteiger partial charge in [0.25, 0.3) is 5.91 Å². The minimum Gasteiger partial charge on any atom is -0.465 e. The molecule has 0 fully saturated rings. The standard InChI is InChI=1S/C16H14FNO3/c1-10-9-11(16(20)21-2)7-8-14(10)18-15(19)12-5-3-4-6-13(12)17/h3-9H,1-2H3,(H,18,19). The summed E-state index contributed by atoms with van der Waals surface area (Å²) < 4.78 is 18.2. The molecule has 0 aromatic heterocycles. The maximum Gasteiger partial charge on any atom is 0.337 e. The number of esters is 1. The van der Waals surface area contributed by atoms with E-state index in [0.29, 0.717) is 16.8 Å². The fourth-order valence-electron chi connectivity index (χ4n) is 1.88. The highest BCUT2D eigenvalue weighted by Crippen LogP contribution is 2.18. The van der Waals surface area contributed by atoms with E-state index in [-0.39, 0.29) is 5.56 Å². The van der Waals surface area contributed by atoms with Gasteiger partial charge in [0.05, 0.1) is 18.2 Å². The second-order valence-electron chi connectivity index (χ2n) is 4.46. The first kappa shape index (κ1) is 14.7. The number of halogens is 1. The predicted molar refractivity (Wildman–Crippen MR) is 76.9 cm³/mol. The van der Waals surface area contributed by atoms with Gasteiger partial charge in [-0.3, -0.25) is 4.79 Å². The molecule has 0 aliphatic heterocycles. The molecule has 2 aromatic rings. The molecule has 0 aliphatic carbocycles. The molecule has 0 bridgehead atoms. The summed E-state index contributed by atoms with van der Waals surface area (Å²) in [6, 6.07) is 10.5. The van der Waals surface area contributed by atoms with Crippen LogP contribution in [0.1, 0.15) is 26.3 Å². The fraction of sp³-hybridized carbons (Fsp3) is 0.125. The second-order valence-corrected chi connectivity index (χ2v) is 4.46. The van der Waals surface area contributed by atoms with Gasteiger partial charge in [-0.15, -0.1) is 0 Å². The van der Waals surface area contributed by atoms with Crippen molar-refractivity contribution < 1.29 is 18.7 Å². The van der Waals surface area contributed by atoms with Crippen LogP contribution in [-0.2, 0) is 4.74 Å². The first-order chi connectivity index (χ1) is 10.0. The van der Waals surface area contributed by atoms with Crippen LogP contribution in [0.3, 0.4) is 0 Å². The number of carbonyl (C=O) groups is 2. The van der Waals surface area contributed by atoms with E-state index in [9.17, 15) is 14.0 Å². The molecule has 4 nitrogen and oxygen atoms in total. The van der Waals surface area contributed by atoms with Crippen LogP contribution in [0.15, 0.2) is 42.5 Å². The monoisotopic (exact) mass is 287 g/mol. The summed E-state index contributed by atoms with van der Waals surface area (Å²) >= 11 is 0. The number of aryl methyl sites for hydroxylation is 1. The lowest BCUT2D eigenvalue weighted by atomic mass is 10.1. The van der Waals surface area contributed by atoms with Gasteiger partial charge >= 0.3 is 5.97 Å². The molecule has 1 N–H and O–H groups in total. The van der Waals surface area contributed by atoms with Crippen molar-refractivity contribution >= 4 is 17.6 Å². The van der Waals surface area contributed by atoms with Gasteiger partial charge in [-0.05, 0) is 42.8 Å². The third-order valence-corrected chi connectivity index (χ3v) is 3.01. The Morgan fingerprint density at radius 3 is 2.48 bits per heavy atom. The molecule has 21 heavy (non-hydrogen) atoms. The van der Waals surface area contributed by atoms with E-state index in [1.54, 1.807) is 25.1 Å². The van der Waals surface area contributed by atoms with Gasteiger partial charge in [0.15, 0.2) is 0 Å².